The first-order valence-corrected chi connectivity index (χ1v) is 12.4. The fraction of sp³-hybridized carbons (Fsp3) is 0.519. The molecular formula is C27H33NO9. The van der Waals surface area contributed by atoms with E-state index in [-0.39, 0.29) is 73.6 Å². The largest absolute Gasteiger partial charge is 0.502 e. The zero-order chi connectivity index (χ0) is 26.3. The molecule has 1 fully saturated rings. The predicted molar refractivity (Wildman–Crippen MR) is 132 cm³/mol. The molecule has 37 heavy (non-hydrogen) atoms. The molecule has 0 bridgehead atoms. The van der Waals surface area contributed by atoms with Crippen LogP contribution >= 0.6 is 0 Å². The minimum atomic E-state index is -0.464. The maximum absolute atomic E-state index is 13.2. The van der Waals surface area contributed by atoms with Gasteiger partial charge in [0.05, 0.1) is 46.0 Å². The van der Waals surface area contributed by atoms with Crippen LogP contribution in [0.1, 0.15) is 34.9 Å². The molecule has 1 saturated heterocycles. The van der Waals surface area contributed by atoms with Gasteiger partial charge in [-0.05, 0) is 66.9 Å². The first-order valence-electron chi connectivity index (χ1n) is 12.4. The summed E-state index contributed by atoms with van der Waals surface area (Å²) in [5, 5.41) is 29.7. The number of hydrogen-bond acceptors (Lipinski definition) is 10. The fourth-order valence-corrected chi connectivity index (χ4v) is 6.00. The van der Waals surface area contributed by atoms with Crippen LogP contribution in [-0.4, -0.2) is 86.7 Å². The summed E-state index contributed by atoms with van der Waals surface area (Å²) in [6.45, 7) is 0.729. The molecule has 5 rings (SSSR count). The van der Waals surface area contributed by atoms with Crippen LogP contribution in [-0.2, 0) is 9.53 Å². The highest BCUT2D eigenvalue weighted by Gasteiger charge is 2.52. The second-order valence-corrected chi connectivity index (χ2v) is 9.80. The molecule has 10 nitrogen and oxygen atoms in total. The monoisotopic (exact) mass is 515 g/mol. The number of fused-ring (bicyclic) bond motifs is 3. The standard InChI is InChI=1S/C27H33NO9/c1-28(15(10-29)11-30)5-4-16-17-8-20-21(37-13-36-20)9-18(17)24(25-19(16)12-35-27(25)32)14-6-22(33-2)26(31)23(7-14)34-3/h6-9,15-16,19,24-25,29-31H,4-5,10-13H2,1-3H3/t16-,19-,24-,25+/m1/s1. The molecule has 0 aromatic heterocycles. The van der Waals surface area contributed by atoms with Crippen molar-refractivity contribution in [2.45, 2.75) is 24.3 Å². The number of carbonyl (C=O) groups excluding carboxylic acids is 1. The first kappa shape index (κ1) is 25.4. The number of rotatable bonds is 9. The van der Waals surface area contributed by atoms with E-state index in [1.54, 1.807) is 12.1 Å². The van der Waals surface area contributed by atoms with Gasteiger partial charge < -0.3 is 39.0 Å². The van der Waals surface area contributed by atoms with Gasteiger partial charge >= 0.3 is 5.97 Å². The highest BCUT2D eigenvalue weighted by atomic mass is 16.7. The number of aliphatic hydroxyl groups excluding tert-OH is 2. The molecule has 3 aliphatic rings. The van der Waals surface area contributed by atoms with Crippen molar-refractivity contribution in [1.29, 1.82) is 0 Å². The first-order chi connectivity index (χ1) is 17.9. The Hall–Kier alpha value is -3.21. The van der Waals surface area contributed by atoms with E-state index in [0.29, 0.717) is 24.5 Å². The van der Waals surface area contributed by atoms with Gasteiger partial charge in [0.2, 0.25) is 12.5 Å². The zero-order valence-electron chi connectivity index (χ0n) is 21.2. The van der Waals surface area contributed by atoms with Crippen molar-refractivity contribution in [3.8, 4) is 28.7 Å². The summed E-state index contributed by atoms with van der Waals surface area (Å²) < 4.78 is 27.9. The maximum atomic E-state index is 13.2. The molecule has 2 aromatic carbocycles. The van der Waals surface area contributed by atoms with Gasteiger partial charge in [0.1, 0.15) is 0 Å². The lowest BCUT2D eigenvalue weighted by Crippen LogP contribution is -2.40. The summed E-state index contributed by atoms with van der Waals surface area (Å²) >= 11 is 0. The van der Waals surface area contributed by atoms with Gasteiger partial charge in [-0.25, -0.2) is 0 Å². The van der Waals surface area contributed by atoms with Crippen molar-refractivity contribution in [1.82, 2.24) is 4.90 Å². The second kappa shape index (κ2) is 10.3. The highest BCUT2D eigenvalue weighted by molar-refractivity contribution is 5.79. The number of phenolic OH excluding ortho intramolecular Hbond substituents is 1. The van der Waals surface area contributed by atoms with Crippen molar-refractivity contribution in [2.24, 2.45) is 11.8 Å². The van der Waals surface area contributed by atoms with Gasteiger partial charge in [0.25, 0.3) is 0 Å². The number of likely N-dealkylation sites (N-methyl/N-ethyl adjacent to an activating group) is 1. The Bertz CT molecular complexity index is 1140. The number of aliphatic hydroxyl groups is 2. The van der Waals surface area contributed by atoms with E-state index in [4.69, 9.17) is 23.7 Å². The average molecular weight is 516 g/mol. The van der Waals surface area contributed by atoms with Crippen LogP contribution < -0.4 is 18.9 Å². The SMILES string of the molecule is COc1cc([C@@H]2c3cc4c(cc3[C@@H](CCN(C)C(CO)CO)[C@H]3COC(=O)[C@H]23)OCO4)cc(OC)c1O. The molecule has 2 aliphatic heterocycles. The average Bonchev–Trinajstić information content (AvgIpc) is 3.52. The third kappa shape index (κ3) is 4.32. The third-order valence-electron chi connectivity index (χ3n) is 8.04. The number of benzene rings is 2. The molecule has 0 radical (unpaired) electrons. The van der Waals surface area contributed by atoms with Crippen LogP contribution in [0.2, 0.25) is 0 Å². The summed E-state index contributed by atoms with van der Waals surface area (Å²) in [6, 6.07) is 7.05. The highest BCUT2D eigenvalue weighted by Crippen LogP contribution is 2.56. The predicted octanol–water partition coefficient (Wildman–Crippen LogP) is 1.83. The Balaban J connectivity index is 1.63. The molecule has 0 saturated carbocycles. The van der Waals surface area contributed by atoms with Gasteiger partial charge in [0.15, 0.2) is 23.0 Å². The lowest BCUT2D eigenvalue weighted by atomic mass is 9.62. The van der Waals surface area contributed by atoms with Gasteiger partial charge in [0, 0.05) is 11.8 Å². The van der Waals surface area contributed by atoms with Gasteiger partial charge in [-0.3, -0.25) is 9.69 Å². The molecular weight excluding hydrogens is 482 g/mol. The van der Waals surface area contributed by atoms with Crippen LogP contribution in [0, 0.1) is 11.8 Å². The third-order valence-corrected chi connectivity index (χ3v) is 8.04. The Kier molecular flexibility index (Phi) is 7.06. The van der Waals surface area contributed by atoms with Crippen LogP contribution in [0.3, 0.4) is 0 Å². The van der Waals surface area contributed by atoms with Gasteiger partial charge in [-0.2, -0.15) is 0 Å². The van der Waals surface area contributed by atoms with Gasteiger partial charge in [-0.15, -0.1) is 0 Å². The van der Waals surface area contributed by atoms with E-state index in [2.05, 4.69) is 0 Å². The number of nitrogens with zero attached hydrogens (tertiary/aromatic N) is 1. The zero-order valence-corrected chi connectivity index (χ0v) is 21.2. The van der Waals surface area contributed by atoms with Crippen molar-refractivity contribution in [2.75, 3.05) is 54.4 Å². The summed E-state index contributed by atoms with van der Waals surface area (Å²) in [5.41, 5.74) is 2.72. The van der Waals surface area contributed by atoms with E-state index in [1.807, 2.05) is 24.1 Å². The number of cyclic esters (lactones) is 1. The minimum Gasteiger partial charge on any atom is -0.502 e. The quantitative estimate of drug-likeness (QED) is 0.426. The van der Waals surface area contributed by atoms with Crippen molar-refractivity contribution in [3.63, 3.8) is 0 Å². The molecule has 200 valence electrons. The Morgan fingerprint density at radius 3 is 2.22 bits per heavy atom. The molecule has 2 aromatic rings. The van der Waals surface area contributed by atoms with E-state index in [9.17, 15) is 20.1 Å². The molecule has 1 aliphatic carbocycles. The Morgan fingerprint density at radius 1 is 1.00 bits per heavy atom. The Morgan fingerprint density at radius 2 is 1.62 bits per heavy atom. The van der Waals surface area contributed by atoms with E-state index < -0.39 is 5.92 Å². The number of esters is 1. The van der Waals surface area contributed by atoms with E-state index in [1.165, 1.54) is 14.2 Å². The normalized spacial score (nSPS) is 23.7. The number of ether oxygens (including phenoxy) is 5. The number of aromatic hydroxyl groups is 1. The number of carbonyl (C=O) groups is 1. The summed E-state index contributed by atoms with van der Waals surface area (Å²) in [7, 11) is 4.80. The molecule has 0 spiro atoms. The fourth-order valence-electron chi connectivity index (χ4n) is 6.00. The molecule has 4 atom stereocenters. The molecule has 0 amide bonds. The summed E-state index contributed by atoms with van der Waals surface area (Å²) in [4.78, 5) is 15.2. The van der Waals surface area contributed by atoms with Crippen LogP contribution in [0.25, 0.3) is 0 Å². The number of phenols is 1. The lowest BCUT2D eigenvalue weighted by Gasteiger charge is -2.40. The van der Waals surface area contributed by atoms with Crippen LogP contribution in [0.5, 0.6) is 28.7 Å². The van der Waals surface area contributed by atoms with Crippen molar-refractivity contribution in [3.05, 3.63) is 41.0 Å². The topological polar surface area (TPSA) is 127 Å². The number of hydrogen-bond donors (Lipinski definition) is 3. The molecule has 10 heteroatoms. The maximum Gasteiger partial charge on any atom is 0.310 e. The molecule has 0 unspecified atom stereocenters. The molecule has 2 heterocycles. The van der Waals surface area contributed by atoms with E-state index >= 15 is 0 Å². The smallest absolute Gasteiger partial charge is 0.310 e. The number of methoxy groups -OCH3 is 2. The molecule has 3 N–H and O–H groups in total. The van der Waals surface area contributed by atoms with Gasteiger partial charge in [-0.1, -0.05) is 0 Å². The van der Waals surface area contributed by atoms with E-state index in [0.717, 1.165) is 16.7 Å². The Labute approximate surface area is 215 Å². The minimum absolute atomic E-state index is 0.0291. The lowest BCUT2D eigenvalue weighted by molar-refractivity contribution is -0.141. The second-order valence-electron chi connectivity index (χ2n) is 9.80. The summed E-state index contributed by atoms with van der Waals surface area (Å²) in [6.07, 6.45) is 0.687. The van der Waals surface area contributed by atoms with Crippen LogP contribution in [0.4, 0.5) is 0 Å². The van der Waals surface area contributed by atoms with Crippen molar-refractivity contribution >= 4 is 5.97 Å². The van der Waals surface area contributed by atoms with Crippen LogP contribution in [0.15, 0.2) is 24.3 Å². The summed E-state index contributed by atoms with van der Waals surface area (Å²) in [5.74, 6) is 0.412. The van der Waals surface area contributed by atoms with Crippen molar-refractivity contribution < 1.29 is 43.8 Å².